The number of nitrogens with zero attached hydrogens (tertiary/aromatic N) is 3. The Kier molecular flexibility index (Phi) is 5.60. The number of hydrogen-bond donors (Lipinski definition) is 0. The number of carbonyl (C=O) groups is 2. The van der Waals surface area contributed by atoms with Crippen LogP contribution in [-0.2, 0) is 21.7 Å². The summed E-state index contributed by atoms with van der Waals surface area (Å²) in [5.74, 6) is 0.691. The molecule has 6 nitrogen and oxygen atoms in total. The minimum Gasteiger partial charge on any atom is -0.339 e. The molecule has 0 aromatic carbocycles. The third-order valence-corrected chi connectivity index (χ3v) is 12.1. The van der Waals surface area contributed by atoms with Gasteiger partial charge in [0.25, 0.3) is 0 Å². The molecule has 6 rings (SSSR count). The van der Waals surface area contributed by atoms with Crippen molar-refractivity contribution in [1.29, 1.82) is 5.26 Å². The van der Waals surface area contributed by atoms with E-state index in [0.717, 1.165) is 50.5 Å². The summed E-state index contributed by atoms with van der Waals surface area (Å²) in [6, 6.07) is 2.17. The van der Waals surface area contributed by atoms with Crippen molar-refractivity contribution in [3.63, 3.8) is 0 Å². The van der Waals surface area contributed by atoms with E-state index < -0.39 is 22.9 Å². The highest BCUT2D eigenvalue weighted by Gasteiger charge is 2.66. The quantitative estimate of drug-likeness (QED) is 0.424. The van der Waals surface area contributed by atoms with E-state index >= 15 is 0 Å². The number of fused-ring (bicyclic) bond motifs is 7. The first kappa shape index (κ1) is 26.6. The van der Waals surface area contributed by atoms with Gasteiger partial charge in [0.1, 0.15) is 6.07 Å². The normalized spacial score (nSPS) is 42.2. The van der Waals surface area contributed by atoms with Gasteiger partial charge in [-0.2, -0.15) is 10.2 Å². The summed E-state index contributed by atoms with van der Waals surface area (Å²) < 4.78 is 19.1. The second kappa shape index (κ2) is 8.21. The standard InChI is InChI=1S/C32H40FN3O3/c1-28(2)11-12-32(27-35-24(16-33)36-39-27)10-7-19-25(20(32)15-28)21(37)13-23-30(19,5)9-8-22-29(3,4)26(38)18(17-34)14-31(22,23)6/h13-14,19-20,22,25H,7-12,15-16H2,1-6H3. The summed E-state index contributed by atoms with van der Waals surface area (Å²) in [5, 5.41) is 13.8. The first-order valence-corrected chi connectivity index (χ1v) is 14.6. The predicted octanol–water partition coefficient (Wildman–Crippen LogP) is 6.62. The van der Waals surface area contributed by atoms with Crippen LogP contribution in [0, 0.1) is 56.7 Å². The van der Waals surface area contributed by atoms with E-state index in [1.165, 1.54) is 0 Å². The average Bonchev–Trinajstić information content (AvgIpc) is 3.37. The maximum absolute atomic E-state index is 14.4. The molecule has 0 aliphatic heterocycles. The van der Waals surface area contributed by atoms with Gasteiger partial charge >= 0.3 is 0 Å². The second-order valence-electron chi connectivity index (χ2n) is 14.9. The third-order valence-electron chi connectivity index (χ3n) is 12.1. The predicted molar refractivity (Wildman–Crippen MR) is 143 cm³/mol. The van der Waals surface area contributed by atoms with Gasteiger partial charge in [0.15, 0.2) is 18.2 Å². The lowest BCUT2D eigenvalue weighted by Crippen LogP contribution is -2.61. The van der Waals surface area contributed by atoms with Crippen molar-refractivity contribution >= 4 is 11.6 Å². The fourth-order valence-electron chi connectivity index (χ4n) is 10.2. The largest absolute Gasteiger partial charge is 0.339 e. The van der Waals surface area contributed by atoms with Crippen LogP contribution < -0.4 is 0 Å². The van der Waals surface area contributed by atoms with Gasteiger partial charge in [-0.15, -0.1) is 0 Å². The molecule has 7 atom stereocenters. The maximum Gasteiger partial charge on any atom is 0.233 e. The molecule has 5 aliphatic carbocycles. The Morgan fingerprint density at radius 3 is 2.46 bits per heavy atom. The van der Waals surface area contributed by atoms with E-state index in [1.807, 2.05) is 26.0 Å². The van der Waals surface area contributed by atoms with E-state index in [-0.39, 0.29) is 57.5 Å². The molecule has 1 aromatic heterocycles. The lowest BCUT2D eigenvalue weighted by molar-refractivity contribution is -0.142. The number of hydrogen-bond acceptors (Lipinski definition) is 6. The van der Waals surface area contributed by atoms with E-state index in [1.54, 1.807) is 0 Å². The minimum absolute atomic E-state index is 0.0343. The molecule has 3 saturated carbocycles. The molecule has 7 unspecified atom stereocenters. The molecular weight excluding hydrogens is 493 g/mol. The third kappa shape index (κ3) is 3.42. The van der Waals surface area contributed by atoms with Crippen LogP contribution in [0.3, 0.4) is 0 Å². The Balaban J connectivity index is 1.49. The molecule has 7 heteroatoms. The van der Waals surface area contributed by atoms with Gasteiger partial charge in [-0.25, -0.2) is 4.39 Å². The van der Waals surface area contributed by atoms with E-state index in [0.29, 0.717) is 5.89 Å². The number of nitriles is 1. The minimum atomic E-state index is -0.762. The second-order valence-corrected chi connectivity index (χ2v) is 14.9. The van der Waals surface area contributed by atoms with Gasteiger partial charge < -0.3 is 4.52 Å². The van der Waals surface area contributed by atoms with E-state index in [4.69, 9.17) is 4.52 Å². The Labute approximate surface area is 230 Å². The fourth-order valence-corrected chi connectivity index (χ4v) is 10.2. The molecule has 1 aromatic rings. The molecule has 0 bridgehead atoms. The van der Waals surface area contributed by atoms with Gasteiger partial charge in [0.05, 0.1) is 11.0 Å². The molecule has 0 saturated heterocycles. The first-order valence-electron chi connectivity index (χ1n) is 14.6. The monoisotopic (exact) mass is 533 g/mol. The first-order chi connectivity index (χ1) is 18.2. The van der Waals surface area contributed by atoms with Crippen molar-refractivity contribution in [3.8, 4) is 6.07 Å². The topological polar surface area (TPSA) is 96.8 Å². The maximum atomic E-state index is 14.4. The number of alkyl halides is 1. The van der Waals surface area contributed by atoms with Crippen LogP contribution in [-0.4, -0.2) is 21.7 Å². The molecule has 0 amide bonds. The number of allylic oxidation sites excluding steroid dienone is 4. The lowest BCUT2D eigenvalue weighted by atomic mass is 9.38. The number of Topliss-reactive ketones (excluding diaryl/α,β-unsaturated/α-hetero) is 1. The summed E-state index contributed by atoms with van der Waals surface area (Å²) in [6.45, 7) is 12.2. The van der Waals surface area contributed by atoms with Crippen LogP contribution >= 0.6 is 0 Å². The number of halogens is 1. The number of carbonyl (C=O) groups excluding carboxylic acids is 2. The zero-order valence-electron chi connectivity index (χ0n) is 24.1. The molecule has 0 N–H and O–H groups in total. The van der Waals surface area contributed by atoms with Crippen molar-refractivity contribution in [2.45, 2.75) is 98.6 Å². The Hall–Kier alpha value is -2.62. The van der Waals surface area contributed by atoms with Crippen molar-refractivity contribution in [2.24, 2.45) is 45.3 Å². The van der Waals surface area contributed by atoms with Crippen LogP contribution in [0.4, 0.5) is 4.39 Å². The Morgan fingerprint density at radius 1 is 1.05 bits per heavy atom. The zero-order chi connectivity index (χ0) is 28.2. The molecular formula is C32H40FN3O3. The van der Waals surface area contributed by atoms with Gasteiger partial charge in [-0.1, -0.05) is 58.3 Å². The lowest BCUT2D eigenvalue weighted by Gasteiger charge is -2.64. The SMILES string of the molecule is CC1(C)CCC2(c3nc(CF)no3)CCC3C(C(=O)C=C4C5(C)C=C(C#N)C(=O)C(C)(C)C5CCC43C)C2C1. The van der Waals surface area contributed by atoms with Crippen LogP contribution in [0.25, 0.3) is 0 Å². The van der Waals surface area contributed by atoms with Crippen molar-refractivity contribution < 1.29 is 18.5 Å². The highest BCUT2D eigenvalue weighted by molar-refractivity contribution is 6.04. The molecule has 5 aliphatic rings. The van der Waals surface area contributed by atoms with Gasteiger partial charge in [-0.05, 0) is 79.6 Å². The van der Waals surface area contributed by atoms with Crippen LogP contribution in [0.2, 0.25) is 0 Å². The van der Waals surface area contributed by atoms with Crippen LogP contribution in [0.1, 0.15) is 98.2 Å². The van der Waals surface area contributed by atoms with E-state index in [9.17, 15) is 19.2 Å². The smallest absolute Gasteiger partial charge is 0.233 e. The molecule has 39 heavy (non-hydrogen) atoms. The summed E-state index contributed by atoms with van der Waals surface area (Å²) >= 11 is 0. The van der Waals surface area contributed by atoms with Gasteiger partial charge in [0.2, 0.25) is 11.7 Å². The Bertz CT molecular complexity index is 1360. The highest BCUT2D eigenvalue weighted by Crippen LogP contribution is 2.70. The van der Waals surface area contributed by atoms with Crippen molar-refractivity contribution in [2.75, 3.05) is 0 Å². The molecule has 3 fully saturated rings. The average molecular weight is 534 g/mol. The number of ketones is 2. The molecule has 0 radical (unpaired) electrons. The summed E-state index contributed by atoms with van der Waals surface area (Å²) in [5.41, 5.74) is -0.434. The molecule has 1 heterocycles. The summed E-state index contributed by atoms with van der Waals surface area (Å²) in [7, 11) is 0. The Morgan fingerprint density at radius 2 is 1.79 bits per heavy atom. The highest BCUT2D eigenvalue weighted by atomic mass is 19.1. The number of rotatable bonds is 2. The zero-order valence-corrected chi connectivity index (χ0v) is 24.1. The fraction of sp³-hybridized carbons (Fsp3) is 0.719. The summed E-state index contributed by atoms with van der Waals surface area (Å²) in [6.07, 6.45) is 9.99. The molecule has 208 valence electrons. The van der Waals surface area contributed by atoms with Crippen LogP contribution in [0.15, 0.2) is 27.8 Å². The number of aromatic nitrogens is 2. The van der Waals surface area contributed by atoms with Crippen LogP contribution in [0.5, 0.6) is 0 Å². The van der Waals surface area contributed by atoms with E-state index in [2.05, 4.69) is 43.9 Å². The van der Waals surface area contributed by atoms with Gasteiger partial charge in [0, 0.05) is 16.7 Å². The van der Waals surface area contributed by atoms with Crippen molar-refractivity contribution in [1.82, 2.24) is 10.1 Å². The summed E-state index contributed by atoms with van der Waals surface area (Å²) in [4.78, 5) is 32.1. The van der Waals surface area contributed by atoms with Crippen molar-refractivity contribution in [3.05, 3.63) is 35.0 Å². The van der Waals surface area contributed by atoms with Gasteiger partial charge in [-0.3, -0.25) is 9.59 Å². The molecule has 0 spiro atoms.